The summed E-state index contributed by atoms with van der Waals surface area (Å²) < 4.78 is 26.2. The Kier molecular flexibility index (Phi) is 3.85. The summed E-state index contributed by atoms with van der Waals surface area (Å²) in [6, 6.07) is 10.5. The second kappa shape index (κ2) is 5.57. The molecule has 0 heterocycles. The van der Waals surface area contributed by atoms with Crippen LogP contribution in [0.1, 0.15) is 12.5 Å². The maximum Gasteiger partial charge on any atom is 0.152 e. The van der Waals surface area contributed by atoms with Gasteiger partial charge >= 0.3 is 0 Å². The van der Waals surface area contributed by atoms with E-state index in [2.05, 4.69) is 0 Å². The third kappa shape index (κ3) is 3.58. The van der Waals surface area contributed by atoms with E-state index in [9.17, 15) is 13.6 Å². The second-order valence-corrected chi connectivity index (χ2v) is 4.22. The lowest BCUT2D eigenvalue weighted by molar-refractivity contribution is -0.112. The van der Waals surface area contributed by atoms with Crippen molar-refractivity contribution in [2.45, 2.75) is 6.92 Å². The van der Waals surface area contributed by atoms with Crippen LogP contribution in [-0.4, -0.2) is 5.78 Å². The molecule has 0 amide bonds. The van der Waals surface area contributed by atoms with Crippen molar-refractivity contribution in [3.63, 3.8) is 0 Å². The summed E-state index contributed by atoms with van der Waals surface area (Å²) in [7, 11) is 0. The Balaban J connectivity index is 2.29. The molecule has 0 saturated heterocycles. The Morgan fingerprint density at radius 1 is 0.947 bits per heavy atom. The molecule has 0 radical (unpaired) electrons. The minimum Gasteiger partial charge on any atom is -0.295 e. The molecule has 0 bridgehead atoms. The summed E-state index contributed by atoms with van der Waals surface area (Å²) in [4.78, 5) is 10.8. The second-order valence-electron chi connectivity index (χ2n) is 4.22. The molecule has 19 heavy (non-hydrogen) atoms. The first kappa shape index (κ1) is 13.1. The minimum absolute atomic E-state index is 0.0312. The molecule has 3 heteroatoms. The molecular formula is C16H12F2O. The smallest absolute Gasteiger partial charge is 0.152 e. The number of halogens is 2. The van der Waals surface area contributed by atoms with Gasteiger partial charge in [0.15, 0.2) is 5.78 Å². The van der Waals surface area contributed by atoms with Gasteiger partial charge in [-0.1, -0.05) is 30.3 Å². The van der Waals surface area contributed by atoms with Crippen LogP contribution in [0.2, 0.25) is 0 Å². The number of hydrogen-bond donors (Lipinski definition) is 0. The predicted octanol–water partition coefficient (Wildman–Crippen LogP) is 4.23. The van der Waals surface area contributed by atoms with Crippen molar-refractivity contribution in [2.24, 2.45) is 0 Å². The number of rotatable bonds is 3. The lowest BCUT2D eigenvalue weighted by atomic mass is 10.0. The van der Waals surface area contributed by atoms with Crippen LogP contribution in [0, 0.1) is 11.6 Å². The molecule has 0 spiro atoms. The van der Waals surface area contributed by atoms with Crippen LogP contribution >= 0.6 is 0 Å². The van der Waals surface area contributed by atoms with Crippen molar-refractivity contribution < 1.29 is 13.6 Å². The summed E-state index contributed by atoms with van der Waals surface area (Å²) in [5, 5.41) is 0. The highest BCUT2D eigenvalue weighted by molar-refractivity contribution is 5.91. The monoisotopic (exact) mass is 258 g/mol. The lowest BCUT2D eigenvalue weighted by Crippen LogP contribution is -1.85. The van der Waals surface area contributed by atoms with Crippen LogP contribution in [0.15, 0.2) is 48.5 Å². The molecule has 0 unspecified atom stereocenters. The van der Waals surface area contributed by atoms with Gasteiger partial charge < -0.3 is 0 Å². The standard InChI is InChI=1S/C16H12F2O/c1-11(19)2-3-12-4-6-13(7-5-12)14-8-15(17)10-16(18)9-14/h2-10H,1H3/b3-2+. The van der Waals surface area contributed by atoms with E-state index in [4.69, 9.17) is 0 Å². The molecule has 2 rings (SSSR count). The van der Waals surface area contributed by atoms with Crippen molar-refractivity contribution in [2.75, 3.05) is 0 Å². The van der Waals surface area contributed by atoms with Crippen molar-refractivity contribution in [1.82, 2.24) is 0 Å². The number of carbonyl (C=O) groups excluding carboxylic acids is 1. The lowest BCUT2D eigenvalue weighted by Gasteiger charge is -2.03. The van der Waals surface area contributed by atoms with E-state index >= 15 is 0 Å². The summed E-state index contributed by atoms with van der Waals surface area (Å²) in [5.74, 6) is -1.23. The van der Waals surface area contributed by atoms with Crippen LogP contribution in [0.3, 0.4) is 0 Å². The fraction of sp³-hybridized carbons (Fsp3) is 0.0625. The van der Waals surface area contributed by atoms with E-state index in [1.54, 1.807) is 30.3 Å². The summed E-state index contributed by atoms with van der Waals surface area (Å²) in [6.07, 6.45) is 3.16. The highest BCUT2D eigenvalue weighted by Gasteiger charge is 2.02. The van der Waals surface area contributed by atoms with Gasteiger partial charge in [0.05, 0.1) is 0 Å². The van der Waals surface area contributed by atoms with E-state index in [1.807, 2.05) is 0 Å². The Morgan fingerprint density at radius 3 is 2.05 bits per heavy atom. The zero-order valence-electron chi connectivity index (χ0n) is 10.4. The quantitative estimate of drug-likeness (QED) is 0.753. The van der Waals surface area contributed by atoms with Crippen molar-refractivity contribution in [3.8, 4) is 11.1 Å². The van der Waals surface area contributed by atoms with E-state index in [0.29, 0.717) is 5.56 Å². The van der Waals surface area contributed by atoms with Crippen LogP contribution in [0.4, 0.5) is 8.78 Å². The number of ketones is 1. The largest absolute Gasteiger partial charge is 0.295 e. The Morgan fingerprint density at radius 2 is 1.53 bits per heavy atom. The minimum atomic E-state index is -0.601. The Hall–Kier alpha value is -2.29. The van der Waals surface area contributed by atoms with E-state index in [1.165, 1.54) is 25.1 Å². The first-order chi connectivity index (χ1) is 9.04. The molecule has 96 valence electrons. The Bertz CT molecular complexity index is 607. The first-order valence-electron chi connectivity index (χ1n) is 5.80. The third-order valence-electron chi connectivity index (χ3n) is 2.62. The molecule has 1 nitrogen and oxygen atoms in total. The van der Waals surface area contributed by atoms with E-state index in [-0.39, 0.29) is 5.78 Å². The zero-order valence-corrected chi connectivity index (χ0v) is 10.4. The van der Waals surface area contributed by atoms with Gasteiger partial charge in [-0.15, -0.1) is 0 Å². The Labute approximate surface area is 110 Å². The van der Waals surface area contributed by atoms with Crippen molar-refractivity contribution in [1.29, 1.82) is 0 Å². The van der Waals surface area contributed by atoms with Gasteiger partial charge in [-0.3, -0.25) is 4.79 Å². The molecule has 0 aliphatic heterocycles. The molecule has 0 aliphatic rings. The summed E-state index contributed by atoms with van der Waals surface area (Å²) in [5.41, 5.74) is 2.06. The number of allylic oxidation sites excluding steroid dienone is 1. The van der Waals surface area contributed by atoms with Crippen LogP contribution in [-0.2, 0) is 4.79 Å². The van der Waals surface area contributed by atoms with Gasteiger partial charge in [0.2, 0.25) is 0 Å². The SMILES string of the molecule is CC(=O)/C=C/c1ccc(-c2cc(F)cc(F)c2)cc1. The fourth-order valence-corrected chi connectivity index (χ4v) is 1.72. The van der Waals surface area contributed by atoms with Gasteiger partial charge in [0.25, 0.3) is 0 Å². The number of hydrogen-bond acceptors (Lipinski definition) is 1. The molecule has 0 atom stereocenters. The van der Waals surface area contributed by atoms with Gasteiger partial charge in [0, 0.05) is 6.07 Å². The number of benzene rings is 2. The average Bonchev–Trinajstić information content (AvgIpc) is 2.36. The van der Waals surface area contributed by atoms with Gasteiger partial charge in [0.1, 0.15) is 11.6 Å². The molecule has 0 N–H and O–H groups in total. The highest BCUT2D eigenvalue weighted by atomic mass is 19.1. The first-order valence-corrected chi connectivity index (χ1v) is 5.80. The molecule has 0 saturated carbocycles. The number of carbonyl (C=O) groups is 1. The molecule has 2 aromatic rings. The van der Waals surface area contributed by atoms with Crippen molar-refractivity contribution >= 4 is 11.9 Å². The van der Waals surface area contributed by atoms with Crippen LogP contribution < -0.4 is 0 Å². The maximum absolute atomic E-state index is 13.1. The van der Waals surface area contributed by atoms with Crippen molar-refractivity contribution in [3.05, 3.63) is 65.7 Å². The zero-order chi connectivity index (χ0) is 13.8. The topological polar surface area (TPSA) is 17.1 Å². The van der Waals surface area contributed by atoms with E-state index in [0.717, 1.165) is 17.2 Å². The van der Waals surface area contributed by atoms with Gasteiger partial charge in [-0.05, 0) is 41.8 Å². The summed E-state index contributed by atoms with van der Waals surface area (Å²) >= 11 is 0. The highest BCUT2D eigenvalue weighted by Crippen LogP contribution is 2.22. The summed E-state index contributed by atoms with van der Waals surface area (Å²) in [6.45, 7) is 1.47. The third-order valence-corrected chi connectivity index (χ3v) is 2.62. The fourth-order valence-electron chi connectivity index (χ4n) is 1.72. The molecular weight excluding hydrogens is 246 g/mol. The predicted molar refractivity (Wildman–Crippen MR) is 71.5 cm³/mol. The van der Waals surface area contributed by atoms with Crippen LogP contribution in [0.25, 0.3) is 17.2 Å². The average molecular weight is 258 g/mol. The van der Waals surface area contributed by atoms with Gasteiger partial charge in [-0.25, -0.2) is 8.78 Å². The molecule has 0 fully saturated rings. The van der Waals surface area contributed by atoms with Gasteiger partial charge in [-0.2, -0.15) is 0 Å². The van der Waals surface area contributed by atoms with E-state index < -0.39 is 11.6 Å². The van der Waals surface area contributed by atoms with Crippen LogP contribution in [0.5, 0.6) is 0 Å². The molecule has 2 aromatic carbocycles. The molecule has 0 aliphatic carbocycles. The maximum atomic E-state index is 13.1. The normalized spacial score (nSPS) is 10.9. The molecule has 0 aromatic heterocycles.